The summed E-state index contributed by atoms with van der Waals surface area (Å²) in [6.45, 7) is 0.571. The molecular weight excluding hydrogens is 368 g/mol. The number of carboxylic acids is 1. The molecule has 0 unspecified atom stereocenters. The summed E-state index contributed by atoms with van der Waals surface area (Å²) in [5.74, 6) is -1.46. The SMILES string of the molecule is O=C(NCCCC[C@H](NC(=O)c1cccs1)C(=O)O)OCc1ccccc1. The lowest BCUT2D eigenvalue weighted by Crippen LogP contribution is -2.40. The van der Waals surface area contributed by atoms with E-state index in [4.69, 9.17) is 4.74 Å². The van der Waals surface area contributed by atoms with E-state index in [1.165, 1.54) is 11.3 Å². The maximum atomic E-state index is 12.0. The van der Waals surface area contributed by atoms with Crippen LogP contribution in [0, 0.1) is 0 Å². The Morgan fingerprint density at radius 3 is 2.52 bits per heavy atom. The number of ether oxygens (including phenoxy) is 1. The molecule has 1 atom stereocenters. The quantitative estimate of drug-likeness (QED) is 0.541. The van der Waals surface area contributed by atoms with E-state index in [2.05, 4.69) is 10.6 Å². The van der Waals surface area contributed by atoms with Gasteiger partial charge in [0.25, 0.3) is 5.91 Å². The van der Waals surface area contributed by atoms with E-state index in [1.807, 2.05) is 30.3 Å². The number of hydrogen-bond acceptors (Lipinski definition) is 5. The smallest absolute Gasteiger partial charge is 0.407 e. The molecule has 0 saturated carbocycles. The molecule has 2 rings (SSSR count). The first-order valence-electron chi connectivity index (χ1n) is 8.58. The minimum atomic E-state index is -1.07. The van der Waals surface area contributed by atoms with E-state index >= 15 is 0 Å². The fourth-order valence-electron chi connectivity index (χ4n) is 2.33. The van der Waals surface area contributed by atoms with Gasteiger partial charge in [-0.15, -0.1) is 11.3 Å². The van der Waals surface area contributed by atoms with Gasteiger partial charge in [-0.05, 0) is 36.3 Å². The fraction of sp³-hybridized carbons (Fsp3) is 0.316. The summed E-state index contributed by atoms with van der Waals surface area (Å²) in [6, 6.07) is 11.8. The second kappa shape index (κ2) is 11.0. The summed E-state index contributed by atoms with van der Waals surface area (Å²) in [6.07, 6.45) is 0.895. The van der Waals surface area contributed by atoms with E-state index in [-0.39, 0.29) is 18.9 Å². The monoisotopic (exact) mass is 390 g/mol. The molecule has 0 saturated heterocycles. The Bertz CT molecular complexity index is 734. The molecule has 0 aliphatic carbocycles. The first-order chi connectivity index (χ1) is 13.1. The van der Waals surface area contributed by atoms with Crippen LogP contribution in [0.1, 0.15) is 34.5 Å². The third-order valence-corrected chi connectivity index (χ3v) is 4.62. The molecule has 0 aliphatic rings. The summed E-state index contributed by atoms with van der Waals surface area (Å²) in [5, 5.41) is 16.1. The van der Waals surface area contributed by atoms with Crippen LogP contribution in [0.5, 0.6) is 0 Å². The topological polar surface area (TPSA) is 105 Å². The zero-order chi connectivity index (χ0) is 19.5. The van der Waals surface area contributed by atoms with Crippen molar-refractivity contribution in [2.75, 3.05) is 6.54 Å². The average Bonchev–Trinajstić information content (AvgIpc) is 3.20. The van der Waals surface area contributed by atoms with E-state index in [0.717, 1.165) is 5.56 Å². The number of carbonyl (C=O) groups excluding carboxylic acids is 2. The number of aliphatic carboxylic acids is 1. The van der Waals surface area contributed by atoms with Gasteiger partial charge in [-0.3, -0.25) is 4.79 Å². The molecule has 3 N–H and O–H groups in total. The maximum absolute atomic E-state index is 12.0. The van der Waals surface area contributed by atoms with Crippen LogP contribution >= 0.6 is 11.3 Å². The molecule has 27 heavy (non-hydrogen) atoms. The number of benzene rings is 1. The molecule has 0 bridgehead atoms. The molecule has 7 nitrogen and oxygen atoms in total. The molecule has 2 aromatic rings. The number of rotatable bonds is 10. The lowest BCUT2D eigenvalue weighted by atomic mass is 10.1. The number of carbonyl (C=O) groups is 3. The predicted octanol–water partition coefficient (Wildman–Crippen LogP) is 3.03. The first-order valence-corrected chi connectivity index (χ1v) is 9.46. The summed E-state index contributed by atoms with van der Waals surface area (Å²) in [4.78, 5) is 35.3. The van der Waals surface area contributed by atoms with Crippen LogP contribution < -0.4 is 10.6 Å². The van der Waals surface area contributed by atoms with Crippen molar-refractivity contribution in [3.8, 4) is 0 Å². The van der Waals surface area contributed by atoms with E-state index in [0.29, 0.717) is 24.3 Å². The molecule has 1 heterocycles. The zero-order valence-corrected chi connectivity index (χ0v) is 15.5. The highest BCUT2D eigenvalue weighted by molar-refractivity contribution is 7.12. The van der Waals surface area contributed by atoms with Crippen LogP contribution in [-0.4, -0.2) is 35.7 Å². The van der Waals surface area contributed by atoms with Gasteiger partial charge in [0.05, 0.1) is 4.88 Å². The minimum Gasteiger partial charge on any atom is -0.480 e. The lowest BCUT2D eigenvalue weighted by molar-refractivity contribution is -0.139. The van der Waals surface area contributed by atoms with Gasteiger partial charge in [0.1, 0.15) is 12.6 Å². The summed E-state index contributed by atoms with van der Waals surface area (Å²) < 4.78 is 5.09. The second-order valence-corrected chi connectivity index (χ2v) is 6.77. The molecule has 144 valence electrons. The largest absolute Gasteiger partial charge is 0.480 e. The Kier molecular flexibility index (Phi) is 8.31. The lowest BCUT2D eigenvalue weighted by Gasteiger charge is -2.14. The van der Waals surface area contributed by atoms with Crippen molar-refractivity contribution in [3.63, 3.8) is 0 Å². The number of thiophene rings is 1. The van der Waals surface area contributed by atoms with Crippen molar-refractivity contribution < 1.29 is 24.2 Å². The standard InChI is InChI=1S/C19H22N2O5S/c22-17(16-10-6-12-27-16)21-15(18(23)24)9-4-5-11-20-19(25)26-13-14-7-2-1-3-8-14/h1-3,6-8,10,12,15H,4-5,9,11,13H2,(H,20,25)(H,21,22)(H,23,24)/t15-/m0/s1. The highest BCUT2D eigenvalue weighted by Crippen LogP contribution is 2.10. The Morgan fingerprint density at radius 1 is 1.07 bits per heavy atom. The van der Waals surface area contributed by atoms with Crippen LogP contribution in [0.15, 0.2) is 47.8 Å². The molecule has 0 fully saturated rings. The Labute approximate surface area is 161 Å². The third-order valence-electron chi connectivity index (χ3n) is 3.75. The van der Waals surface area contributed by atoms with Crippen LogP contribution in [0.2, 0.25) is 0 Å². The Hall–Kier alpha value is -2.87. The number of carboxylic acid groups (broad SMARTS) is 1. The first kappa shape index (κ1) is 20.4. The normalized spacial score (nSPS) is 11.4. The average molecular weight is 390 g/mol. The van der Waals surface area contributed by atoms with E-state index in [1.54, 1.807) is 17.5 Å². The van der Waals surface area contributed by atoms with Crippen molar-refractivity contribution >= 4 is 29.3 Å². The Morgan fingerprint density at radius 2 is 1.85 bits per heavy atom. The highest BCUT2D eigenvalue weighted by Gasteiger charge is 2.20. The van der Waals surface area contributed by atoms with E-state index < -0.39 is 18.1 Å². The number of hydrogen-bond donors (Lipinski definition) is 3. The van der Waals surface area contributed by atoms with Gasteiger partial charge in [-0.2, -0.15) is 0 Å². The number of amides is 2. The van der Waals surface area contributed by atoms with Gasteiger partial charge >= 0.3 is 12.1 Å². The predicted molar refractivity (Wildman–Crippen MR) is 102 cm³/mol. The number of alkyl carbamates (subject to hydrolysis) is 1. The summed E-state index contributed by atoms with van der Waals surface area (Å²) in [7, 11) is 0. The van der Waals surface area contributed by atoms with Crippen molar-refractivity contribution in [2.24, 2.45) is 0 Å². The molecule has 0 spiro atoms. The van der Waals surface area contributed by atoms with Gasteiger partial charge in [0.15, 0.2) is 0 Å². The van der Waals surface area contributed by atoms with Crippen molar-refractivity contribution in [2.45, 2.75) is 31.9 Å². The molecular formula is C19H22N2O5S. The highest BCUT2D eigenvalue weighted by atomic mass is 32.1. The van der Waals surface area contributed by atoms with Gasteiger partial charge < -0.3 is 20.5 Å². The van der Waals surface area contributed by atoms with Crippen LogP contribution in [0.3, 0.4) is 0 Å². The summed E-state index contributed by atoms with van der Waals surface area (Å²) >= 11 is 1.26. The van der Waals surface area contributed by atoms with Crippen LogP contribution in [0.4, 0.5) is 4.79 Å². The van der Waals surface area contributed by atoms with Gasteiger partial charge in [0, 0.05) is 6.54 Å². The van der Waals surface area contributed by atoms with Gasteiger partial charge in [0.2, 0.25) is 0 Å². The van der Waals surface area contributed by atoms with E-state index in [9.17, 15) is 19.5 Å². The summed E-state index contributed by atoms with van der Waals surface area (Å²) in [5.41, 5.74) is 0.901. The molecule has 2 amide bonds. The Balaban J connectivity index is 1.61. The molecule has 1 aromatic carbocycles. The molecule has 1 aromatic heterocycles. The maximum Gasteiger partial charge on any atom is 0.407 e. The zero-order valence-electron chi connectivity index (χ0n) is 14.7. The fourth-order valence-corrected chi connectivity index (χ4v) is 2.96. The second-order valence-electron chi connectivity index (χ2n) is 5.83. The van der Waals surface area contributed by atoms with Crippen molar-refractivity contribution in [3.05, 3.63) is 58.3 Å². The van der Waals surface area contributed by atoms with Gasteiger partial charge in [-0.25, -0.2) is 9.59 Å². The third kappa shape index (κ3) is 7.49. The van der Waals surface area contributed by atoms with Crippen molar-refractivity contribution in [1.82, 2.24) is 10.6 Å². The minimum absolute atomic E-state index is 0.197. The van der Waals surface area contributed by atoms with Gasteiger partial charge in [-0.1, -0.05) is 36.4 Å². The number of unbranched alkanes of at least 4 members (excludes halogenated alkanes) is 1. The van der Waals surface area contributed by atoms with Crippen LogP contribution in [-0.2, 0) is 16.1 Å². The molecule has 0 aliphatic heterocycles. The molecule has 0 radical (unpaired) electrons. The van der Waals surface area contributed by atoms with Crippen molar-refractivity contribution in [1.29, 1.82) is 0 Å². The number of nitrogens with one attached hydrogen (secondary N) is 2. The molecule has 8 heteroatoms. The van der Waals surface area contributed by atoms with Crippen LogP contribution in [0.25, 0.3) is 0 Å².